The summed E-state index contributed by atoms with van der Waals surface area (Å²) in [5, 5.41) is 14.2. The molecule has 4 rings (SSSR count). The topological polar surface area (TPSA) is 84.1 Å². The van der Waals surface area contributed by atoms with E-state index >= 15 is 0 Å². The molecule has 0 atom stereocenters. The summed E-state index contributed by atoms with van der Waals surface area (Å²) in [6, 6.07) is 12.9. The van der Waals surface area contributed by atoms with Gasteiger partial charge in [0.2, 0.25) is 11.7 Å². The Morgan fingerprint density at radius 2 is 1.83 bits per heavy atom. The highest BCUT2D eigenvalue weighted by molar-refractivity contribution is 5.65. The van der Waals surface area contributed by atoms with Crippen LogP contribution in [0.3, 0.4) is 0 Å². The molecule has 152 valence electrons. The second-order valence-corrected chi connectivity index (χ2v) is 6.83. The summed E-state index contributed by atoms with van der Waals surface area (Å²) >= 11 is 0. The van der Waals surface area contributed by atoms with E-state index in [1.807, 2.05) is 30.3 Å². The van der Waals surface area contributed by atoms with Gasteiger partial charge in [-0.3, -0.25) is 4.90 Å². The molecule has 0 spiro atoms. The van der Waals surface area contributed by atoms with Crippen molar-refractivity contribution in [3.8, 4) is 28.6 Å². The van der Waals surface area contributed by atoms with Gasteiger partial charge < -0.3 is 24.0 Å². The van der Waals surface area contributed by atoms with Gasteiger partial charge in [-0.2, -0.15) is 4.98 Å². The van der Waals surface area contributed by atoms with Crippen LogP contribution in [0.5, 0.6) is 17.2 Å². The minimum absolute atomic E-state index is 0.316. The molecule has 3 aromatic rings. The standard InChI is InChI=1S/C21H24N4O4/c1-27-15-7-8-16(19(13-15)28-2)21-22-20(29-23-21)14-24-9-11-25(12-10-24)17-5-3-4-6-18(17)26/h3-8,13,26H,9-12,14H2,1-2H3. The number of methoxy groups -OCH3 is 2. The number of anilines is 1. The fourth-order valence-electron chi connectivity index (χ4n) is 3.48. The molecule has 0 amide bonds. The predicted molar refractivity (Wildman–Crippen MR) is 108 cm³/mol. The Labute approximate surface area is 169 Å². The third-order valence-electron chi connectivity index (χ3n) is 5.07. The largest absolute Gasteiger partial charge is 0.506 e. The van der Waals surface area contributed by atoms with E-state index in [1.165, 1.54) is 0 Å². The van der Waals surface area contributed by atoms with Gasteiger partial charge >= 0.3 is 0 Å². The average Bonchev–Trinajstić information content (AvgIpc) is 3.22. The second-order valence-electron chi connectivity index (χ2n) is 6.83. The molecule has 29 heavy (non-hydrogen) atoms. The summed E-state index contributed by atoms with van der Waals surface area (Å²) in [6.07, 6.45) is 0. The van der Waals surface area contributed by atoms with E-state index in [0.717, 1.165) is 37.4 Å². The Hall–Kier alpha value is -3.26. The monoisotopic (exact) mass is 396 g/mol. The van der Waals surface area contributed by atoms with Crippen LogP contribution in [0.15, 0.2) is 47.0 Å². The van der Waals surface area contributed by atoms with Crippen molar-refractivity contribution in [3.63, 3.8) is 0 Å². The van der Waals surface area contributed by atoms with Crippen molar-refractivity contribution < 1.29 is 19.1 Å². The van der Waals surface area contributed by atoms with Crippen molar-refractivity contribution in [2.24, 2.45) is 0 Å². The lowest BCUT2D eigenvalue weighted by Gasteiger charge is -2.35. The number of hydrogen-bond acceptors (Lipinski definition) is 8. The molecule has 1 N–H and O–H groups in total. The van der Waals surface area contributed by atoms with Crippen LogP contribution >= 0.6 is 0 Å². The average molecular weight is 396 g/mol. The molecule has 8 nitrogen and oxygen atoms in total. The third-order valence-corrected chi connectivity index (χ3v) is 5.07. The summed E-state index contributed by atoms with van der Waals surface area (Å²) in [5.41, 5.74) is 1.63. The van der Waals surface area contributed by atoms with Crippen LogP contribution in [0.4, 0.5) is 5.69 Å². The number of piperazine rings is 1. The van der Waals surface area contributed by atoms with Gasteiger partial charge in [-0.1, -0.05) is 17.3 Å². The zero-order valence-corrected chi connectivity index (χ0v) is 16.5. The Morgan fingerprint density at radius 3 is 2.55 bits per heavy atom. The van der Waals surface area contributed by atoms with Gasteiger partial charge in [0.15, 0.2) is 0 Å². The minimum Gasteiger partial charge on any atom is -0.506 e. The molecular weight excluding hydrogens is 372 g/mol. The first kappa shape index (κ1) is 19.1. The summed E-state index contributed by atoms with van der Waals surface area (Å²) < 4.78 is 16.1. The molecule has 1 saturated heterocycles. The highest BCUT2D eigenvalue weighted by Crippen LogP contribution is 2.32. The molecule has 1 fully saturated rings. The molecule has 1 aliphatic rings. The van der Waals surface area contributed by atoms with Crippen molar-refractivity contribution >= 4 is 5.69 Å². The number of phenols is 1. The first-order chi connectivity index (χ1) is 14.2. The van der Waals surface area contributed by atoms with E-state index in [1.54, 1.807) is 26.4 Å². The van der Waals surface area contributed by atoms with Crippen LogP contribution in [-0.2, 0) is 6.54 Å². The van der Waals surface area contributed by atoms with Crippen LogP contribution < -0.4 is 14.4 Å². The lowest BCUT2D eigenvalue weighted by atomic mass is 10.2. The lowest BCUT2D eigenvalue weighted by Crippen LogP contribution is -2.46. The molecule has 2 aromatic carbocycles. The van der Waals surface area contributed by atoms with Crippen LogP contribution in [-0.4, -0.2) is 60.5 Å². The van der Waals surface area contributed by atoms with Gasteiger partial charge in [-0.15, -0.1) is 0 Å². The molecule has 2 heterocycles. The maximum atomic E-state index is 10.0. The number of aromatic hydroxyl groups is 1. The summed E-state index contributed by atoms with van der Waals surface area (Å²) in [4.78, 5) is 8.99. The van der Waals surface area contributed by atoms with E-state index in [4.69, 9.17) is 14.0 Å². The molecule has 0 radical (unpaired) electrons. The van der Waals surface area contributed by atoms with Crippen molar-refractivity contribution in [2.45, 2.75) is 6.54 Å². The molecule has 0 aliphatic carbocycles. The van der Waals surface area contributed by atoms with E-state index in [9.17, 15) is 5.11 Å². The van der Waals surface area contributed by atoms with Gasteiger partial charge in [0.05, 0.1) is 32.0 Å². The Balaban J connectivity index is 1.40. The second kappa shape index (κ2) is 8.40. The number of phenolic OH excluding ortho intramolecular Hbond substituents is 1. The van der Waals surface area contributed by atoms with Crippen LogP contribution in [0.2, 0.25) is 0 Å². The van der Waals surface area contributed by atoms with Crippen molar-refractivity contribution in [3.05, 3.63) is 48.4 Å². The molecule has 1 aromatic heterocycles. The van der Waals surface area contributed by atoms with Gasteiger partial charge in [0.25, 0.3) is 0 Å². The van der Waals surface area contributed by atoms with Gasteiger partial charge in [-0.05, 0) is 24.3 Å². The molecule has 1 aliphatic heterocycles. The maximum absolute atomic E-state index is 10.0. The highest BCUT2D eigenvalue weighted by Gasteiger charge is 2.21. The first-order valence-corrected chi connectivity index (χ1v) is 9.48. The normalized spacial score (nSPS) is 14.8. The highest BCUT2D eigenvalue weighted by atomic mass is 16.5. The Bertz CT molecular complexity index is 967. The maximum Gasteiger partial charge on any atom is 0.241 e. The number of nitrogens with zero attached hydrogens (tertiary/aromatic N) is 4. The SMILES string of the molecule is COc1ccc(-c2noc(CN3CCN(c4ccccc4O)CC3)n2)c(OC)c1. The van der Waals surface area contributed by atoms with Crippen LogP contribution in [0, 0.1) is 0 Å². The van der Waals surface area contributed by atoms with Crippen LogP contribution in [0.1, 0.15) is 5.89 Å². The molecule has 0 saturated carbocycles. The number of hydrogen-bond donors (Lipinski definition) is 1. The third kappa shape index (κ3) is 4.12. The summed E-state index contributed by atoms with van der Waals surface area (Å²) in [6.45, 7) is 3.92. The van der Waals surface area contributed by atoms with Crippen molar-refractivity contribution in [2.75, 3.05) is 45.3 Å². The summed E-state index contributed by atoms with van der Waals surface area (Å²) in [7, 11) is 3.21. The van der Waals surface area contributed by atoms with Gasteiger partial charge in [0.1, 0.15) is 17.2 Å². The number of ether oxygens (including phenoxy) is 2. The minimum atomic E-state index is 0.316. The van der Waals surface area contributed by atoms with Gasteiger partial charge in [0, 0.05) is 32.2 Å². The molecule has 0 bridgehead atoms. The smallest absolute Gasteiger partial charge is 0.241 e. The van der Waals surface area contributed by atoms with E-state index in [2.05, 4.69) is 19.9 Å². The van der Waals surface area contributed by atoms with Crippen molar-refractivity contribution in [1.82, 2.24) is 15.0 Å². The van der Waals surface area contributed by atoms with E-state index < -0.39 is 0 Å². The zero-order valence-electron chi connectivity index (χ0n) is 16.5. The quantitative estimate of drug-likeness (QED) is 0.681. The van der Waals surface area contributed by atoms with Crippen molar-refractivity contribution in [1.29, 1.82) is 0 Å². The number of aromatic nitrogens is 2. The fraction of sp³-hybridized carbons (Fsp3) is 0.333. The number of rotatable bonds is 6. The Morgan fingerprint density at radius 1 is 1.03 bits per heavy atom. The van der Waals surface area contributed by atoms with E-state index in [-0.39, 0.29) is 0 Å². The first-order valence-electron chi connectivity index (χ1n) is 9.48. The zero-order chi connectivity index (χ0) is 20.2. The van der Waals surface area contributed by atoms with Crippen LogP contribution in [0.25, 0.3) is 11.4 Å². The molecule has 0 unspecified atom stereocenters. The predicted octanol–water partition coefficient (Wildman–Crippen LogP) is 2.78. The lowest BCUT2D eigenvalue weighted by molar-refractivity contribution is 0.215. The fourth-order valence-corrected chi connectivity index (χ4v) is 3.48. The summed E-state index contributed by atoms with van der Waals surface area (Å²) in [5.74, 6) is 2.71. The van der Waals surface area contributed by atoms with E-state index in [0.29, 0.717) is 35.5 Å². The molecule has 8 heteroatoms. The number of benzene rings is 2. The molecular formula is C21H24N4O4. The number of para-hydroxylation sites is 2. The van der Waals surface area contributed by atoms with Gasteiger partial charge in [-0.25, -0.2) is 0 Å². The Kier molecular flexibility index (Phi) is 5.53.